The average Bonchev–Trinajstić information content (AvgIpc) is 2.83. The van der Waals surface area contributed by atoms with Crippen molar-refractivity contribution in [3.8, 4) is 0 Å². The van der Waals surface area contributed by atoms with Crippen LogP contribution in [0.1, 0.15) is 12.5 Å². The standard InChI is InChI=1S/C15H21N3/c1-11-7-18(10-14(11)16)9-12-8-17(2)15-6-4-3-5-13(12)15/h3-6,8,11,14H,7,9-10,16H2,1-2H3. The topological polar surface area (TPSA) is 34.2 Å². The van der Waals surface area contributed by atoms with Gasteiger partial charge in [0.2, 0.25) is 0 Å². The molecule has 2 aromatic rings. The fourth-order valence-electron chi connectivity index (χ4n) is 3.02. The van der Waals surface area contributed by atoms with E-state index in [-0.39, 0.29) is 0 Å². The summed E-state index contributed by atoms with van der Waals surface area (Å²) in [4.78, 5) is 2.47. The number of hydrogen-bond donors (Lipinski definition) is 1. The molecule has 2 heterocycles. The molecule has 3 nitrogen and oxygen atoms in total. The van der Waals surface area contributed by atoms with E-state index < -0.39 is 0 Å². The first-order chi connectivity index (χ1) is 8.65. The summed E-state index contributed by atoms with van der Waals surface area (Å²) in [5, 5.41) is 1.37. The number of nitrogens with zero attached hydrogens (tertiary/aromatic N) is 2. The minimum absolute atomic E-state index is 0.333. The molecular formula is C15H21N3. The summed E-state index contributed by atoms with van der Waals surface area (Å²) in [7, 11) is 2.12. The molecule has 0 radical (unpaired) electrons. The zero-order valence-electron chi connectivity index (χ0n) is 11.1. The van der Waals surface area contributed by atoms with Crippen molar-refractivity contribution in [2.24, 2.45) is 18.7 Å². The number of aryl methyl sites for hydroxylation is 1. The Morgan fingerprint density at radius 3 is 2.78 bits per heavy atom. The third kappa shape index (κ3) is 1.93. The molecule has 3 heteroatoms. The van der Waals surface area contributed by atoms with E-state index in [9.17, 15) is 0 Å². The van der Waals surface area contributed by atoms with Gasteiger partial charge in [0.25, 0.3) is 0 Å². The van der Waals surface area contributed by atoms with E-state index in [1.54, 1.807) is 0 Å². The highest BCUT2D eigenvalue weighted by Crippen LogP contribution is 2.24. The van der Waals surface area contributed by atoms with E-state index in [0.717, 1.165) is 19.6 Å². The highest BCUT2D eigenvalue weighted by Gasteiger charge is 2.26. The summed E-state index contributed by atoms with van der Waals surface area (Å²) in [6.07, 6.45) is 2.25. The molecule has 0 bridgehead atoms. The molecule has 0 aliphatic carbocycles. The Labute approximate surface area is 108 Å². The number of fused-ring (bicyclic) bond motifs is 1. The third-order valence-electron chi connectivity index (χ3n) is 4.12. The van der Waals surface area contributed by atoms with E-state index in [2.05, 4.69) is 53.9 Å². The van der Waals surface area contributed by atoms with Gasteiger partial charge in [0.15, 0.2) is 0 Å². The molecule has 0 spiro atoms. The lowest BCUT2D eigenvalue weighted by Gasteiger charge is -2.14. The van der Waals surface area contributed by atoms with Crippen LogP contribution in [0.3, 0.4) is 0 Å². The fraction of sp³-hybridized carbons (Fsp3) is 0.467. The highest BCUT2D eigenvalue weighted by molar-refractivity contribution is 5.83. The van der Waals surface area contributed by atoms with Crippen LogP contribution in [0.5, 0.6) is 0 Å². The summed E-state index contributed by atoms with van der Waals surface area (Å²) in [5.41, 5.74) is 8.81. The number of rotatable bonds is 2. The average molecular weight is 243 g/mol. The first-order valence-electron chi connectivity index (χ1n) is 6.66. The smallest absolute Gasteiger partial charge is 0.0481 e. The second-order valence-corrected chi connectivity index (χ2v) is 5.62. The van der Waals surface area contributed by atoms with Crippen LogP contribution < -0.4 is 5.73 Å². The zero-order chi connectivity index (χ0) is 12.7. The number of hydrogen-bond acceptors (Lipinski definition) is 2. The maximum atomic E-state index is 6.09. The van der Waals surface area contributed by atoms with E-state index in [4.69, 9.17) is 5.73 Å². The Balaban J connectivity index is 1.87. The fourth-order valence-corrected chi connectivity index (χ4v) is 3.02. The van der Waals surface area contributed by atoms with Crippen LogP contribution in [0.2, 0.25) is 0 Å². The van der Waals surface area contributed by atoms with Gasteiger partial charge in [0.1, 0.15) is 0 Å². The van der Waals surface area contributed by atoms with E-state index in [1.165, 1.54) is 16.5 Å². The van der Waals surface area contributed by atoms with Crippen molar-refractivity contribution in [3.63, 3.8) is 0 Å². The monoisotopic (exact) mass is 243 g/mol. The Morgan fingerprint density at radius 1 is 1.28 bits per heavy atom. The molecule has 1 saturated heterocycles. The van der Waals surface area contributed by atoms with Crippen LogP contribution in [0.4, 0.5) is 0 Å². The van der Waals surface area contributed by atoms with Crippen molar-refractivity contribution >= 4 is 10.9 Å². The molecule has 1 fully saturated rings. The van der Waals surface area contributed by atoms with Gasteiger partial charge in [0.05, 0.1) is 0 Å². The second-order valence-electron chi connectivity index (χ2n) is 5.62. The van der Waals surface area contributed by atoms with Gasteiger partial charge in [-0.15, -0.1) is 0 Å². The van der Waals surface area contributed by atoms with Crippen molar-refractivity contribution in [2.45, 2.75) is 19.5 Å². The molecule has 3 rings (SSSR count). The molecule has 2 unspecified atom stereocenters. The van der Waals surface area contributed by atoms with Crippen molar-refractivity contribution in [3.05, 3.63) is 36.0 Å². The lowest BCUT2D eigenvalue weighted by atomic mass is 10.1. The minimum atomic E-state index is 0.333. The first-order valence-corrected chi connectivity index (χ1v) is 6.66. The number of aromatic nitrogens is 1. The molecule has 1 aromatic carbocycles. The maximum absolute atomic E-state index is 6.09. The van der Waals surface area contributed by atoms with Gasteiger partial charge in [-0.3, -0.25) is 4.90 Å². The molecule has 1 aliphatic heterocycles. The number of nitrogens with two attached hydrogens (primary N) is 1. The van der Waals surface area contributed by atoms with E-state index >= 15 is 0 Å². The molecule has 1 aromatic heterocycles. The summed E-state index contributed by atoms with van der Waals surface area (Å²) >= 11 is 0. The molecule has 0 saturated carbocycles. The van der Waals surface area contributed by atoms with Gasteiger partial charge in [-0.25, -0.2) is 0 Å². The molecule has 2 N–H and O–H groups in total. The minimum Gasteiger partial charge on any atom is -0.350 e. The zero-order valence-corrected chi connectivity index (χ0v) is 11.1. The first kappa shape index (κ1) is 11.8. The van der Waals surface area contributed by atoms with Gasteiger partial charge in [-0.05, 0) is 17.5 Å². The quantitative estimate of drug-likeness (QED) is 0.875. The van der Waals surface area contributed by atoms with Gasteiger partial charge in [-0.2, -0.15) is 0 Å². The molecule has 18 heavy (non-hydrogen) atoms. The van der Waals surface area contributed by atoms with Crippen LogP contribution in [0.25, 0.3) is 10.9 Å². The van der Waals surface area contributed by atoms with Crippen molar-refractivity contribution < 1.29 is 0 Å². The van der Waals surface area contributed by atoms with Crippen molar-refractivity contribution in [1.29, 1.82) is 0 Å². The Kier molecular flexibility index (Phi) is 2.88. The number of benzene rings is 1. The molecule has 1 aliphatic rings. The van der Waals surface area contributed by atoms with Gasteiger partial charge < -0.3 is 10.3 Å². The summed E-state index contributed by atoms with van der Waals surface area (Å²) < 4.78 is 2.21. The SMILES string of the molecule is CC1CN(Cc2cn(C)c3ccccc23)CC1N. The summed E-state index contributed by atoms with van der Waals surface area (Å²) in [5.74, 6) is 0.611. The largest absolute Gasteiger partial charge is 0.350 e. The third-order valence-corrected chi connectivity index (χ3v) is 4.12. The van der Waals surface area contributed by atoms with E-state index in [0.29, 0.717) is 12.0 Å². The Hall–Kier alpha value is -1.32. The highest BCUT2D eigenvalue weighted by atomic mass is 15.2. The summed E-state index contributed by atoms with van der Waals surface area (Å²) in [6, 6.07) is 8.94. The normalized spacial score (nSPS) is 25.1. The Bertz CT molecular complexity index is 548. The molecule has 0 amide bonds. The molecular weight excluding hydrogens is 222 g/mol. The van der Waals surface area contributed by atoms with Gasteiger partial charge in [0, 0.05) is 49.8 Å². The van der Waals surface area contributed by atoms with Crippen molar-refractivity contribution in [2.75, 3.05) is 13.1 Å². The Morgan fingerprint density at radius 2 is 2.06 bits per heavy atom. The van der Waals surface area contributed by atoms with Gasteiger partial charge >= 0.3 is 0 Å². The molecule has 2 atom stereocenters. The summed E-state index contributed by atoms with van der Waals surface area (Å²) in [6.45, 7) is 5.39. The molecule has 96 valence electrons. The predicted molar refractivity (Wildman–Crippen MR) is 75.3 cm³/mol. The van der Waals surface area contributed by atoms with E-state index in [1.807, 2.05) is 0 Å². The van der Waals surface area contributed by atoms with Crippen LogP contribution in [-0.4, -0.2) is 28.6 Å². The lowest BCUT2D eigenvalue weighted by molar-refractivity contribution is 0.320. The lowest BCUT2D eigenvalue weighted by Crippen LogP contribution is -2.28. The maximum Gasteiger partial charge on any atom is 0.0481 e. The predicted octanol–water partition coefficient (Wildman–Crippen LogP) is 1.96. The van der Waals surface area contributed by atoms with Gasteiger partial charge in [-0.1, -0.05) is 25.1 Å². The second kappa shape index (κ2) is 4.41. The van der Waals surface area contributed by atoms with Crippen LogP contribution in [0.15, 0.2) is 30.5 Å². The van der Waals surface area contributed by atoms with Crippen LogP contribution in [0, 0.1) is 5.92 Å². The van der Waals surface area contributed by atoms with Crippen LogP contribution >= 0.6 is 0 Å². The van der Waals surface area contributed by atoms with Crippen molar-refractivity contribution in [1.82, 2.24) is 9.47 Å². The number of para-hydroxylation sites is 1. The number of likely N-dealkylation sites (tertiary alicyclic amines) is 1. The van der Waals surface area contributed by atoms with Crippen LogP contribution in [-0.2, 0) is 13.6 Å².